The van der Waals surface area contributed by atoms with E-state index in [9.17, 15) is 18.0 Å². The zero-order valence-corrected chi connectivity index (χ0v) is 11.9. The van der Waals surface area contributed by atoms with Crippen LogP contribution in [-0.4, -0.2) is 22.3 Å². The maximum Gasteiger partial charge on any atom is 0.417 e. The molecule has 1 aromatic rings. The van der Waals surface area contributed by atoms with Gasteiger partial charge in [0.15, 0.2) is 0 Å². The van der Waals surface area contributed by atoms with E-state index in [2.05, 4.69) is 26.2 Å². The predicted octanol–water partition coefficient (Wildman–Crippen LogP) is 3.39. The van der Waals surface area contributed by atoms with Crippen molar-refractivity contribution >= 4 is 21.8 Å². The lowest BCUT2D eigenvalue weighted by atomic mass is 10.2. The number of nitrogens with zero attached hydrogens (tertiary/aromatic N) is 1. The van der Waals surface area contributed by atoms with E-state index < -0.39 is 17.6 Å². The lowest BCUT2D eigenvalue weighted by Gasteiger charge is -2.10. The number of carbonyl (C=O) groups is 1. The number of carbonyl (C=O) groups excluding carboxylic acids is 1. The number of pyridine rings is 1. The maximum absolute atomic E-state index is 12.3. The molecule has 0 fully saturated rings. The normalized spacial score (nSPS) is 13.1. The van der Waals surface area contributed by atoms with Crippen molar-refractivity contribution in [1.29, 1.82) is 0 Å². The molecule has 0 saturated heterocycles. The first-order valence-corrected chi connectivity index (χ1v) is 6.71. The van der Waals surface area contributed by atoms with E-state index in [1.165, 1.54) is 0 Å². The summed E-state index contributed by atoms with van der Waals surface area (Å²) >= 11 is 3.39. The number of hydrogen-bond donors (Lipinski definition) is 1. The Morgan fingerprint density at radius 3 is 2.63 bits per heavy atom. The molecule has 1 aromatic heterocycles. The molecule has 0 aliphatic rings. The number of rotatable bonds is 5. The predicted molar refractivity (Wildman–Crippen MR) is 69.2 cm³/mol. The van der Waals surface area contributed by atoms with Gasteiger partial charge in [0.25, 0.3) is 5.91 Å². The molecule has 19 heavy (non-hydrogen) atoms. The highest BCUT2D eigenvalue weighted by Crippen LogP contribution is 2.28. The van der Waals surface area contributed by atoms with Gasteiger partial charge in [-0.3, -0.25) is 9.78 Å². The minimum atomic E-state index is -4.44. The Labute approximate surface area is 117 Å². The van der Waals surface area contributed by atoms with E-state index in [0.717, 1.165) is 25.0 Å². The van der Waals surface area contributed by atoms with Crippen LogP contribution in [0.25, 0.3) is 0 Å². The van der Waals surface area contributed by atoms with Gasteiger partial charge in [0.2, 0.25) is 0 Å². The summed E-state index contributed by atoms with van der Waals surface area (Å²) < 4.78 is 36.9. The van der Waals surface area contributed by atoms with Crippen LogP contribution < -0.4 is 5.32 Å². The summed E-state index contributed by atoms with van der Waals surface area (Å²) in [5.74, 6) is -0.478. The van der Waals surface area contributed by atoms with Gasteiger partial charge in [0.1, 0.15) is 5.69 Å². The summed E-state index contributed by atoms with van der Waals surface area (Å²) in [6.45, 7) is 2.43. The van der Waals surface area contributed by atoms with Gasteiger partial charge in [0.05, 0.1) is 5.56 Å². The summed E-state index contributed by atoms with van der Waals surface area (Å²) in [5.41, 5.74) is -0.891. The third kappa shape index (κ3) is 5.18. The molecule has 1 atom stereocenters. The molecular formula is C12H14BrF3N2O. The largest absolute Gasteiger partial charge is 0.417 e. The molecule has 0 saturated carbocycles. The first-order chi connectivity index (χ1) is 8.84. The van der Waals surface area contributed by atoms with E-state index in [-0.39, 0.29) is 10.5 Å². The Kier molecular flexibility index (Phi) is 5.78. The van der Waals surface area contributed by atoms with E-state index in [1.807, 2.05) is 6.92 Å². The number of hydrogen-bond acceptors (Lipinski definition) is 2. The molecule has 0 aromatic carbocycles. The highest BCUT2D eigenvalue weighted by atomic mass is 79.9. The van der Waals surface area contributed by atoms with Crippen molar-refractivity contribution < 1.29 is 18.0 Å². The Balaban J connectivity index is 2.59. The van der Waals surface area contributed by atoms with Crippen LogP contribution in [0, 0.1) is 0 Å². The molecule has 0 aliphatic heterocycles. The molecule has 3 nitrogen and oxygen atoms in total. The Morgan fingerprint density at radius 1 is 1.47 bits per heavy atom. The first kappa shape index (κ1) is 15.9. The van der Waals surface area contributed by atoms with Crippen LogP contribution in [0.3, 0.4) is 0 Å². The van der Waals surface area contributed by atoms with Gasteiger partial charge in [-0.25, -0.2) is 0 Å². The van der Waals surface area contributed by atoms with Crippen molar-refractivity contribution in [3.05, 3.63) is 29.6 Å². The fourth-order valence-corrected chi connectivity index (χ4v) is 2.02. The highest BCUT2D eigenvalue weighted by molar-refractivity contribution is 9.09. The van der Waals surface area contributed by atoms with Crippen LogP contribution in [0.4, 0.5) is 13.2 Å². The van der Waals surface area contributed by atoms with Gasteiger partial charge in [-0.1, -0.05) is 29.3 Å². The fraction of sp³-hybridized carbons (Fsp3) is 0.500. The molecule has 0 bridgehead atoms. The van der Waals surface area contributed by atoms with Gasteiger partial charge in [-0.15, -0.1) is 0 Å². The lowest BCUT2D eigenvalue weighted by molar-refractivity contribution is -0.137. The third-order valence-corrected chi connectivity index (χ3v) is 3.19. The SMILES string of the molecule is CCCC(Br)CNC(=O)c1ccc(C(F)(F)F)cn1. The number of alkyl halides is 4. The van der Waals surface area contributed by atoms with Crippen LogP contribution in [-0.2, 0) is 6.18 Å². The van der Waals surface area contributed by atoms with Gasteiger partial charge in [-0.2, -0.15) is 13.2 Å². The monoisotopic (exact) mass is 338 g/mol. The smallest absolute Gasteiger partial charge is 0.350 e. The average molecular weight is 339 g/mol. The van der Waals surface area contributed by atoms with Crippen molar-refractivity contribution in [3.8, 4) is 0 Å². The van der Waals surface area contributed by atoms with Crippen molar-refractivity contribution in [3.63, 3.8) is 0 Å². The molecule has 1 heterocycles. The number of amides is 1. The number of aromatic nitrogens is 1. The average Bonchev–Trinajstić information content (AvgIpc) is 2.35. The van der Waals surface area contributed by atoms with Gasteiger partial charge < -0.3 is 5.32 Å². The molecule has 0 aliphatic carbocycles. The lowest BCUT2D eigenvalue weighted by Crippen LogP contribution is -2.30. The Hall–Kier alpha value is -1.11. The maximum atomic E-state index is 12.3. The van der Waals surface area contributed by atoms with E-state index in [4.69, 9.17) is 0 Å². The van der Waals surface area contributed by atoms with E-state index in [1.54, 1.807) is 0 Å². The molecule has 0 radical (unpaired) electrons. The fourth-order valence-electron chi connectivity index (χ4n) is 1.41. The molecule has 7 heteroatoms. The van der Waals surface area contributed by atoms with Crippen molar-refractivity contribution in [1.82, 2.24) is 10.3 Å². The van der Waals surface area contributed by atoms with E-state index >= 15 is 0 Å². The van der Waals surface area contributed by atoms with Crippen molar-refractivity contribution in [2.75, 3.05) is 6.54 Å². The van der Waals surface area contributed by atoms with Gasteiger partial charge in [0, 0.05) is 17.6 Å². The van der Waals surface area contributed by atoms with Gasteiger partial charge >= 0.3 is 6.18 Å². The molecule has 106 valence electrons. The molecule has 0 spiro atoms. The van der Waals surface area contributed by atoms with E-state index in [0.29, 0.717) is 12.7 Å². The van der Waals surface area contributed by atoms with Crippen LogP contribution in [0.1, 0.15) is 35.8 Å². The highest BCUT2D eigenvalue weighted by Gasteiger charge is 2.30. The summed E-state index contributed by atoms with van der Waals surface area (Å²) in [7, 11) is 0. The standard InChI is InChI=1S/C12H14BrF3N2O/c1-2-3-9(13)7-18-11(19)10-5-4-8(6-17-10)12(14,15)16/h4-6,9H,2-3,7H2,1H3,(H,18,19). The topological polar surface area (TPSA) is 42.0 Å². The van der Waals surface area contributed by atoms with Crippen molar-refractivity contribution in [2.45, 2.75) is 30.8 Å². The summed E-state index contributed by atoms with van der Waals surface area (Å²) in [4.78, 5) is 15.3. The van der Waals surface area contributed by atoms with Crippen LogP contribution in [0.5, 0.6) is 0 Å². The second-order valence-electron chi connectivity index (χ2n) is 4.03. The van der Waals surface area contributed by atoms with Gasteiger partial charge in [-0.05, 0) is 18.6 Å². The Bertz CT molecular complexity index is 420. The molecule has 1 rings (SSSR count). The van der Waals surface area contributed by atoms with Crippen molar-refractivity contribution in [2.24, 2.45) is 0 Å². The quantitative estimate of drug-likeness (QED) is 0.836. The van der Waals surface area contributed by atoms with Crippen LogP contribution >= 0.6 is 15.9 Å². The molecule has 1 N–H and O–H groups in total. The summed E-state index contributed by atoms with van der Waals surface area (Å²) in [6.07, 6.45) is -1.90. The Morgan fingerprint density at radius 2 is 2.16 bits per heavy atom. The zero-order chi connectivity index (χ0) is 14.5. The molecular weight excluding hydrogens is 325 g/mol. The second kappa shape index (κ2) is 6.88. The summed E-state index contributed by atoms with van der Waals surface area (Å²) in [6, 6.07) is 1.92. The van der Waals surface area contributed by atoms with Crippen LogP contribution in [0.15, 0.2) is 18.3 Å². The molecule has 1 amide bonds. The third-order valence-electron chi connectivity index (χ3n) is 2.41. The minimum Gasteiger partial charge on any atom is -0.350 e. The van der Waals surface area contributed by atoms with Crippen LogP contribution in [0.2, 0.25) is 0 Å². The zero-order valence-electron chi connectivity index (χ0n) is 10.3. The number of halogens is 4. The first-order valence-electron chi connectivity index (χ1n) is 5.80. The number of nitrogens with one attached hydrogen (secondary N) is 1. The molecule has 1 unspecified atom stereocenters. The second-order valence-corrected chi connectivity index (χ2v) is 5.32. The minimum absolute atomic E-state index is 0.0239. The summed E-state index contributed by atoms with van der Waals surface area (Å²) in [5, 5.41) is 2.61.